The van der Waals surface area contributed by atoms with Crippen LogP contribution in [0.1, 0.15) is 6.92 Å². The van der Waals surface area contributed by atoms with Crippen LogP contribution in [0.25, 0.3) is 0 Å². The fraction of sp³-hybridized carbons (Fsp3) is 0.364. The van der Waals surface area contributed by atoms with Gasteiger partial charge in [-0.3, -0.25) is 4.79 Å². The lowest BCUT2D eigenvalue weighted by atomic mass is 10.2. The summed E-state index contributed by atoms with van der Waals surface area (Å²) in [6, 6.07) is 4.20. The zero-order valence-corrected chi connectivity index (χ0v) is 12.7. The molecule has 0 saturated heterocycles. The monoisotopic (exact) mass is 406 g/mol. The van der Waals surface area contributed by atoms with Crippen molar-refractivity contribution >= 4 is 45.8 Å². The maximum atomic E-state index is 12.0. The van der Waals surface area contributed by atoms with Crippen LogP contribution < -0.4 is 10.6 Å². The van der Waals surface area contributed by atoms with E-state index in [9.17, 15) is 18.0 Å². The van der Waals surface area contributed by atoms with Gasteiger partial charge in [-0.25, -0.2) is 0 Å². The molecule has 0 fully saturated rings. The third kappa shape index (κ3) is 5.85. The minimum atomic E-state index is -4.41. The van der Waals surface area contributed by atoms with Gasteiger partial charge in [0, 0.05) is 14.3 Å². The van der Waals surface area contributed by atoms with Gasteiger partial charge in [0.05, 0.1) is 0 Å². The van der Waals surface area contributed by atoms with Crippen molar-refractivity contribution in [2.45, 2.75) is 19.1 Å². The highest BCUT2D eigenvalue weighted by Gasteiger charge is 2.28. The summed E-state index contributed by atoms with van der Waals surface area (Å²) in [4.78, 5) is 11.5. The quantitative estimate of drug-likeness (QED) is 0.753. The van der Waals surface area contributed by atoms with Crippen LogP contribution in [0.5, 0.6) is 0 Å². The number of nitrogens with one attached hydrogen (secondary N) is 2. The van der Waals surface area contributed by atoms with Gasteiger partial charge in [0.2, 0.25) is 5.91 Å². The second kappa shape index (κ2) is 6.65. The fourth-order valence-corrected chi connectivity index (χ4v) is 2.27. The lowest BCUT2D eigenvalue weighted by molar-refractivity contribution is -0.138. The Labute approximate surface area is 127 Å². The normalized spacial score (nSPS) is 12.9. The Morgan fingerprint density at radius 3 is 2.63 bits per heavy atom. The molecule has 0 aliphatic heterocycles. The van der Waals surface area contributed by atoms with Crippen LogP contribution in [0, 0.1) is 3.57 Å². The highest BCUT2D eigenvalue weighted by Crippen LogP contribution is 2.23. The van der Waals surface area contributed by atoms with E-state index in [2.05, 4.69) is 5.32 Å². The third-order valence-corrected chi connectivity index (χ3v) is 3.29. The molecule has 0 aromatic heterocycles. The van der Waals surface area contributed by atoms with Crippen molar-refractivity contribution < 1.29 is 18.0 Å². The van der Waals surface area contributed by atoms with Crippen molar-refractivity contribution in [1.29, 1.82) is 0 Å². The van der Waals surface area contributed by atoms with E-state index in [1.807, 2.05) is 27.9 Å². The van der Waals surface area contributed by atoms with E-state index >= 15 is 0 Å². The van der Waals surface area contributed by atoms with Crippen LogP contribution in [0.2, 0.25) is 5.02 Å². The molecule has 0 spiro atoms. The Hall–Kier alpha value is -0.700. The first kappa shape index (κ1) is 16.4. The smallest absolute Gasteiger partial charge is 0.373 e. The topological polar surface area (TPSA) is 41.1 Å². The molecule has 0 radical (unpaired) electrons. The number of halogens is 5. The molecule has 1 atom stereocenters. The van der Waals surface area contributed by atoms with Gasteiger partial charge < -0.3 is 10.6 Å². The lowest BCUT2D eigenvalue weighted by Crippen LogP contribution is -2.42. The van der Waals surface area contributed by atoms with Crippen molar-refractivity contribution in [2.75, 3.05) is 11.9 Å². The van der Waals surface area contributed by atoms with Gasteiger partial charge in [0.15, 0.2) is 0 Å². The van der Waals surface area contributed by atoms with Crippen molar-refractivity contribution in [3.8, 4) is 0 Å². The first-order valence-corrected chi connectivity index (χ1v) is 6.71. The molecule has 8 heteroatoms. The van der Waals surface area contributed by atoms with Crippen LogP contribution >= 0.6 is 34.2 Å². The first-order valence-electron chi connectivity index (χ1n) is 5.25. The lowest BCUT2D eigenvalue weighted by Gasteiger charge is -2.17. The number of carbonyl (C=O) groups excluding carboxylic acids is 1. The Morgan fingerprint density at radius 2 is 2.11 bits per heavy atom. The number of anilines is 1. The molecule has 0 aliphatic carbocycles. The minimum Gasteiger partial charge on any atom is -0.373 e. The Kier molecular flexibility index (Phi) is 5.72. The van der Waals surface area contributed by atoms with Crippen molar-refractivity contribution in [3.63, 3.8) is 0 Å². The number of rotatable bonds is 4. The molecule has 0 heterocycles. The van der Waals surface area contributed by atoms with E-state index in [4.69, 9.17) is 11.6 Å². The zero-order chi connectivity index (χ0) is 14.6. The molecule has 1 aromatic rings. The van der Waals surface area contributed by atoms with Crippen LogP contribution in [0.3, 0.4) is 0 Å². The molecular weight excluding hydrogens is 395 g/mol. The number of hydrogen-bond donors (Lipinski definition) is 2. The van der Waals surface area contributed by atoms with E-state index < -0.39 is 24.7 Å². The first-order chi connectivity index (χ1) is 8.69. The van der Waals surface area contributed by atoms with Gasteiger partial charge in [-0.05, 0) is 47.7 Å². The van der Waals surface area contributed by atoms with E-state index in [1.54, 1.807) is 18.2 Å². The standard InChI is InChI=1S/C11H11ClF3IN2O/c1-6(10(19)17-5-11(13,14)15)18-9-3-2-7(12)4-8(9)16/h2-4,6,18H,5H2,1H3,(H,17,19). The molecule has 106 valence electrons. The molecule has 19 heavy (non-hydrogen) atoms. The van der Waals surface area contributed by atoms with Gasteiger partial charge in [-0.1, -0.05) is 11.6 Å². The summed E-state index contributed by atoms with van der Waals surface area (Å²) in [7, 11) is 0. The summed E-state index contributed by atoms with van der Waals surface area (Å²) < 4.78 is 36.7. The highest BCUT2D eigenvalue weighted by atomic mass is 127. The summed E-state index contributed by atoms with van der Waals surface area (Å²) in [5.74, 6) is -0.719. The molecule has 2 N–H and O–H groups in total. The summed E-state index contributed by atoms with van der Waals surface area (Å²) >= 11 is 7.80. The Balaban J connectivity index is 2.59. The molecule has 0 saturated carbocycles. The molecule has 1 amide bonds. The molecular formula is C11H11ClF3IN2O. The van der Waals surface area contributed by atoms with Gasteiger partial charge >= 0.3 is 6.18 Å². The summed E-state index contributed by atoms with van der Waals surface area (Å²) in [5, 5.41) is 5.19. The maximum Gasteiger partial charge on any atom is 0.405 e. The Bertz CT molecular complexity index is 468. The van der Waals surface area contributed by atoms with Crippen molar-refractivity contribution in [1.82, 2.24) is 5.32 Å². The van der Waals surface area contributed by atoms with Gasteiger partial charge in [-0.2, -0.15) is 13.2 Å². The largest absolute Gasteiger partial charge is 0.405 e. The van der Waals surface area contributed by atoms with Gasteiger partial charge in [0.25, 0.3) is 0 Å². The summed E-state index contributed by atoms with van der Waals surface area (Å²) in [5.41, 5.74) is 0.639. The number of amides is 1. The SMILES string of the molecule is CC(Nc1ccc(Cl)cc1I)C(=O)NCC(F)(F)F. The van der Waals surface area contributed by atoms with Gasteiger partial charge in [0.1, 0.15) is 12.6 Å². The predicted octanol–water partition coefficient (Wildman–Crippen LogP) is 3.42. The molecule has 0 bridgehead atoms. The highest BCUT2D eigenvalue weighted by molar-refractivity contribution is 14.1. The minimum absolute atomic E-state index is 0.545. The van der Waals surface area contributed by atoms with Crippen molar-refractivity contribution in [2.24, 2.45) is 0 Å². The van der Waals surface area contributed by atoms with Crippen LogP contribution in [0.15, 0.2) is 18.2 Å². The second-order valence-corrected chi connectivity index (χ2v) is 5.42. The average Bonchev–Trinajstić information content (AvgIpc) is 2.28. The number of hydrogen-bond acceptors (Lipinski definition) is 2. The van der Waals surface area contributed by atoms with E-state index in [1.165, 1.54) is 6.92 Å². The summed E-state index contributed by atoms with van der Waals surface area (Å²) in [6.07, 6.45) is -4.41. The Morgan fingerprint density at radius 1 is 1.47 bits per heavy atom. The van der Waals surface area contributed by atoms with Crippen molar-refractivity contribution in [3.05, 3.63) is 26.8 Å². The predicted molar refractivity (Wildman–Crippen MR) is 76.3 cm³/mol. The molecule has 1 unspecified atom stereocenters. The maximum absolute atomic E-state index is 12.0. The molecule has 3 nitrogen and oxygen atoms in total. The van der Waals surface area contributed by atoms with E-state index in [0.29, 0.717) is 10.7 Å². The van der Waals surface area contributed by atoms with Crippen LogP contribution in [-0.4, -0.2) is 24.7 Å². The van der Waals surface area contributed by atoms with E-state index in [-0.39, 0.29) is 0 Å². The fourth-order valence-electron chi connectivity index (χ4n) is 1.25. The number of benzene rings is 1. The third-order valence-electron chi connectivity index (χ3n) is 2.16. The average molecular weight is 407 g/mol. The molecule has 0 aliphatic rings. The summed E-state index contributed by atoms with van der Waals surface area (Å²) in [6.45, 7) is 0.145. The number of alkyl halides is 3. The number of carbonyl (C=O) groups is 1. The van der Waals surface area contributed by atoms with Crippen LogP contribution in [0.4, 0.5) is 18.9 Å². The van der Waals surface area contributed by atoms with Crippen LogP contribution in [-0.2, 0) is 4.79 Å². The molecule has 1 aromatic carbocycles. The zero-order valence-electron chi connectivity index (χ0n) is 9.81. The second-order valence-electron chi connectivity index (χ2n) is 3.82. The van der Waals surface area contributed by atoms with Gasteiger partial charge in [-0.15, -0.1) is 0 Å². The molecule has 1 rings (SSSR count). The van der Waals surface area contributed by atoms with E-state index in [0.717, 1.165) is 3.57 Å².